The van der Waals surface area contributed by atoms with Crippen LogP contribution in [0.25, 0.3) is 11.0 Å². The van der Waals surface area contributed by atoms with Gasteiger partial charge in [-0.1, -0.05) is 26.7 Å². The summed E-state index contributed by atoms with van der Waals surface area (Å²) in [4.78, 5) is 23.6. The average Bonchev–Trinajstić information content (AvgIpc) is 2.42. The second kappa shape index (κ2) is 6.04. The summed E-state index contributed by atoms with van der Waals surface area (Å²) in [5.74, 6) is 0.0255. The van der Waals surface area contributed by atoms with E-state index in [9.17, 15) is 9.59 Å². The Labute approximate surface area is 118 Å². The molecule has 0 saturated heterocycles. The van der Waals surface area contributed by atoms with E-state index >= 15 is 0 Å². The van der Waals surface area contributed by atoms with Gasteiger partial charge < -0.3 is 4.42 Å². The summed E-state index contributed by atoms with van der Waals surface area (Å²) >= 11 is 0. The van der Waals surface area contributed by atoms with Gasteiger partial charge in [-0.25, -0.2) is 4.79 Å². The number of carbonyl (C=O) groups excluding carboxylic acids is 1. The number of ketones is 1. The largest absolute Gasteiger partial charge is 0.423 e. The zero-order chi connectivity index (χ0) is 14.7. The van der Waals surface area contributed by atoms with Crippen LogP contribution in [0.1, 0.15) is 55.1 Å². The number of Topliss-reactive ketones (excluding diaryl/α,β-unsaturated/α-hetero) is 1. The van der Waals surface area contributed by atoms with Crippen molar-refractivity contribution in [3.8, 4) is 0 Å². The number of hydrogen-bond donors (Lipinski definition) is 0. The van der Waals surface area contributed by atoms with E-state index in [0.717, 1.165) is 42.2 Å². The van der Waals surface area contributed by atoms with Crippen molar-refractivity contribution in [2.45, 2.75) is 46.5 Å². The quantitative estimate of drug-likeness (QED) is 0.612. The van der Waals surface area contributed by atoms with Gasteiger partial charge >= 0.3 is 5.63 Å². The van der Waals surface area contributed by atoms with Gasteiger partial charge in [-0.15, -0.1) is 0 Å². The topological polar surface area (TPSA) is 47.3 Å². The van der Waals surface area contributed by atoms with Crippen LogP contribution in [0.3, 0.4) is 0 Å². The number of benzene rings is 1. The first-order chi connectivity index (χ1) is 9.58. The smallest absolute Gasteiger partial charge is 0.339 e. The lowest BCUT2D eigenvalue weighted by Gasteiger charge is -2.11. The molecule has 0 unspecified atom stereocenters. The van der Waals surface area contributed by atoms with Crippen molar-refractivity contribution >= 4 is 16.8 Å². The molecule has 0 bridgehead atoms. The van der Waals surface area contributed by atoms with Crippen molar-refractivity contribution < 1.29 is 9.21 Å². The highest BCUT2D eigenvalue weighted by atomic mass is 16.4. The Hall–Kier alpha value is -1.90. The van der Waals surface area contributed by atoms with Crippen molar-refractivity contribution in [3.05, 3.63) is 45.3 Å². The SMILES string of the molecule is CCCc1c(CCC)c2cc(C(C)=O)ccc2oc1=O. The summed E-state index contributed by atoms with van der Waals surface area (Å²) in [6.45, 7) is 5.68. The van der Waals surface area contributed by atoms with Crippen molar-refractivity contribution in [3.63, 3.8) is 0 Å². The summed E-state index contributed by atoms with van der Waals surface area (Å²) in [5, 5.41) is 0.905. The predicted molar refractivity (Wildman–Crippen MR) is 80.5 cm³/mol. The van der Waals surface area contributed by atoms with Crippen LogP contribution in [-0.4, -0.2) is 5.78 Å². The van der Waals surface area contributed by atoms with Gasteiger partial charge in [0.05, 0.1) is 0 Å². The maximum Gasteiger partial charge on any atom is 0.339 e. The second-order valence-electron chi connectivity index (χ2n) is 5.11. The van der Waals surface area contributed by atoms with Crippen LogP contribution in [0.4, 0.5) is 0 Å². The van der Waals surface area contributed by atoms with Gasteiger partial charge in [0.15, 0.2) is 5.78 Å². The van der Waals surface area contributed by atoms with Crippen LogP contribution in [-0.2, 0) is 12.8 Å². The lowest BCUT2D eigenvalue weighted by molar-refractivity contribution is 0.101. The number of hydrogen-bond acceptors (Lipinski definition) is 3. The molecule has 1 aromatic heterocycles. The summed E-state index contributed by atoms with van der Waals surface area (Å²) in [6.07, 6.45) is 3.41. The summed E-state index contributed by atoms with van der Waals surface area (Å²) in [5.41, 5.74) is 2.80. The second-order valence-corrected chi connectivity index (χ2v) is 5.11. The Morgan fingerprint density at radius 3 is 2.35 bits per heavy atom. The molecule has 0 aliphatic rings. The number of fused-ring (bicyclic) bond motifs is 1. The van der Waals surface area contributed by atoms with E-state index < -0.39 is 0 Å². The third-order valence-corrected chi connectivity index (χ3v) is 3.52. The van der Waals surface area contributed by atoms with Crippen molar-refractivity contribution in [1.82, 2.24) is 0 Å². The van der Waals surface area contributed by atoms with Crippen molar-refractivity contribution in [2.75, 3.05) is 0 Å². The number of carbonyl (C=O) groups is 1. The highest BCUT2D eigenvalue weighted by Gasteiger charge is 2.14. The van der Waals surface area contributed by atoms with E-state index in [2.05, 4.69) is 6.92 Å². The molecule has 0 spiro atoms. The fraction of sp³-hybridized carbons (Fsp3) is 0.412. The number of aryl methyl sites for hydroxylation is 1. The molecule has 106 valence electrons. The van der Waals surface area contributed by atoms with Crippen LogP contribution in [0.2, 0.25) is 0 Å². The van der Waals surface area contributed by atoms with Crippen LogP contribution in [0.5, 0.6) is 0 Å². The minimum absolute atomic E-state index is 0.0255. The third kappa shape index (κ3) is 2.67. The van der Waals surface area contributed by atoms with E-state index in [0.29, 0.717) is 11.1 Å². The predicted octanol–water partition coefficient (Wildman–Crippen LogP) is 3.90. The molecule has 0 atom stereocenters. The zero-order valence-electron chi connectivity index (χ0n) is 12.3. The lowest BCUT2D eigenvalue weighted by atomic mass is 9.96. The minimum Gasteiger partial charge on any atom is -0.423 e. The van der Waals surface area contributed by atoms with Crippen LogP contribution < -0.4 is 5.63 Å². The summed E-state index contributed by atoms with van der Waals surface area (Å²) in [6, 6.07) is 5.29. The Bertz CT molecular complexity index is 695. The molecule has 0 aliphatic carbocycles. The van der Waals surface area contributed by atoms with Gasteiger partial charge in [0.25, 0.3) is 0 Å². The van der Waals surface area contributed by atoms with E-state index in [4.69, 9.17) is 4.42 Å². The highest BCUT2D eigenvalue weighted by molar-refractivity contribution is 5.98. The molecular weight excluding hydrogens is 252 g/mol. The molecule has 20 heavy (non-hydrogen) atoms. The van der Waals surface area contributed by atoms with Gasteiger partial charge in [0.2, 0.25) is 0 Å². The number of rotatable bonds is 5. The van der Waals surface area contributed by atoms with E-state index in [1.165, 1.54) is 0 Å². The Morgan fingerprint density at radius 1 is 1.10 bits per heavy atom. The minimum atomic E-state index is -0.238. The molecular formula is C17H20O3. The molecule has 0 fully saturated rings. The van der Waals surface area contributed by atoms with Gasteiger partial charge in [0.1, 0.15) is 5.58 Å². The Morgan fingerprint density at radius 2 is 1.75 bits per heavy atom. The van der Waals surface area contributed by atoms with E-state index in [1.807, 2.05) is 13.0 Å². The Kier molecular flexibility index (Phi) is 4.38. The van der Waals surface area contributed by atoms with E-state index in [-0.39, 0.29) is 11.4 Å². The van der Waals surface area contributed by atoms with Crippen LogP contribution in [0.15, 0.2) is 27.4 Å². The molecule has 2 rings (SSSR count). The van der Waals surface area contributed by atoms with E-state index in [1.54, 1.807) is 19.1 Å². The molecule has 3 nitrogen and oxygen atoms in total. The monoisotopic (exact) mass is 272 g/mol. The third-order valence-electron chi connectivity index (χ3n) is 3.52. The first-order valence-corrected chi connectivity index (χ1v) is 7.18. The molecule has 0 N–H and O–H groups in total. The van der Waals surface area contributed by atoms with Crippen molar-refractivity contribution in [1.29, 1.82) is 0 Å². The average molecular weight is 272 g/mol. The zero-order valence-corrected chi connectivity index (χ0v) is 12.3. The highest BCUT2D eigenvalue weighted by Crippen LogP contribution is 2.24. The van der Waals surface area contributed by atoms with Crippen LogP contribution in [0, 0.1) is 0 Å². The van der Waals surface area contributed by atoms with Crippen molar-refractivity contribution in [2.24, 2.45) is 0 Å². The Balaban J connectivity index is 2.78. The molecule has 0 radical (unpaired) electrons. The summed E-state index contributed by atoms with van der Waals surface area (Å²) < 4.78 is 5.40. The molecule has 0 amide bonds. The molecule has 0 saturated carbocycles. The van der Waals surface area contributed by atoms with Gasteiger partial charge in [-0.2, -0.15) is 0 Å². The molecule has 3 heteroatoms. The fourth-order valence-corrected chi connectivity index (χ4v) is 2.56. The maximum absolute atomic E-state index is 12.1. The van der Waals surface area contributed by atoms with Gasteiger partial charge in [-0.3, -0.25) is 4.79 Å². The van der Waals surface area contributed by atoms with Gasteiger partial charge in [0, 0.05) is 16.5 Å². The molecule has 2 aromatic rings. The fourth-order valence-electron chi connectivity index (χ4n) is 2.56. The normalized spacial score (nSPS) is 10.9. The molecule has 1 heterocycles. The maximum atomic E-state index is 12.1. The molecule has 1 aromatic carbocycles. The molecule has 0 aliphatic heterocycles. The van der Waals surface area contributed by atoms with Gasteiger partial charge in [-0.05, 0) is 43.5 Å². The lowest BCUT2D eigenvalue weighted by Crippen LogP contribution is -2.12. The van der Waals surface area contributed by atoms with Crippen LogP contribution >= 0.6 is 0 Å². The standard InChI is InChI=1S/C17H20O3/c1-4-6-13-14(7-5-2)17(19)20-16-9-8-12(11(3)18)10-15(13)16/h8-10H,4-7H2,1-3H3. The summed E-state index contributed by atoms with van der Waals surface area (Å²) in [7, 11) is 0. The first-order valence-electron chi connectivity index (χ1n) is 7.18. The first kappa shape index (κ1) is 14.5.